The molecular formula is C45H89N7O11P2S. The molecule has 2 saturated heterocycles. The van der Waals surface area contributed by atoms with Crippen molar-refractivity contribution in [2.24, 2.45) is 0 Å². The van der Waals surface area contributed by atoms with E-state index in [0.717, 1.165) is 0 Å². The predicted molar refractivity (Wildman–Crippen MR) is 259 cm³/mol. The minimum Gasteiger partial charge on any atom is -0.756 e. The van der Waals surface area contributed by atoms with Gasteiger partial charge in [-0.05, 0) is 57.6 Å². The summed E-state index contributed by atoms with van der Waals surface area (Å²) in [6.45, 7) is 28.2. The summed E-state index contributed by atoms with van der Waals surface area (Å²) in [6.07, 6.45) is 21.6. The summed E-state index contributed by atoms with van der Waals surface area (Å²) in [6, 6.07) is 0. The van der Waals surface area contributed by atoms with E-state index < -0.39 is 53.3 Å². The molecule has 4 heterocycles. The molecule has 18 nitrogen and oxygen atoms in total. The van der Waals surface area contributed by atoms with Gasteiger partial charge in [0, 0.05) is 7.11 Å². The van der Waals surface area contributed by atoms with E-state index in [9.17, 15) is 18.9 Å². The van der Waals surface area contributed by atoms with Crippen LogP contribution in [0.5, 0.6) is 0 Å². The second kappa shape index (κ2) is 31.8. The van der Waals surface area contributed by atoms with Gasteiger partial charge < -0.3 is 52.9 Å². The van der Waals surface area contributed by atoms with Gasteiger partial charge >= 0.3 is 0 Å². The molecule has 3 N–H and O–H groups in total. The SMILES string of the molecule is CCCC[N+](CCCC)(CCCC)CCCC.CCCC[N+](CCCC)(CCCC)CCCC.COC1O[C@@H]2[C@H](O1)[C@@H](n1cnc3c(N)nc(SC)nc31)O[C@H]2COP(=O)([O-])OP(=O)([O-])O. The summed E-state index contributed by atoms with van der Waals surface area (Å²) >= 11 is 1.26. The number of hydrogen-bond donors (Lipinski definition) is 2. The summed E-state index contributed by atoms with van der Waals surface area (Å²) in [4.78, 5) is 43.7. The van der Waals surface area contributed by atoms with Crippen LogP contribution in [0.3, 0.4) is 0 Å². The molecule has 2 aliphatic rings. The maximum atomic E-state index is 11.7. The van der Waals surface area contributed by atoms with Crippen molar-refractivity contribution in [3.8, 4) is 0 Å². The average molecular weight is 998 g/mol. The third kappa shape index (κ3) is 20.6. The van der Waals surface area contributed by atoms with E-state index in [4.69, 9.17) is 29.6 Å². The normalized spacial score (nSPS) is 21.4. The number of hydrogen-bond acceptors (Lipinski definition) is 15. The van der Waals surface area contributed by atoms with Crippen LogP contribution in [0.2, 0.25) is 0 Å². The monoisotopic (exact) mass is 998 g/mol. The van der Waals surface area contributed by atoms with Crippen molar-refractivity contribution in [1.82, 2.24) is 19.5 Å². The fourth-order valence-corrected chi connectivity index (χ4v) is 10.5. The number of imidazole rings is 1. The van der Waals surface area contributed by atoms with Gasteiger partial charge in [-0.3, -0.25) is 13.7 Å². The second-order valence-corrected chi connectivity index (χ2v) is 21.3. The van der Waals surface area contributed by atoms with E-state index in [1.807, 2.05) is 0 Å². The number of ether oxygens (including phenoxy) is 4. The van der Waals surface area contributed by atoms with Gasteiger partial charge in [-0.2, -0.15) is 0 Å². The fraction of sp³-hybridized carbons (Fsp3) is 0.889. The molecule has 0 spiro atoms. The Balaban J connectivity index is 0.000000376. The molecule has 3 unspecified atom stereocenters. The maximum Gasteiger partial charge on any atom is 0.274 e. The molecule has 0 saturated carbocycles. The zero-order valence-electron chi connectivity index (χ0n) is 42.2. The van der Waals surface area contributed by atoms with E-state index in [1.54, 1.807) is 6.26 Å². The molecule has 21 heteroatoms. The first-order valence-corrected chi connectivity index (χ1v) is 29.1. The summed E-state index contributed by atoms with van der Waals surface area (Å²) in [5.41, 5.74) is 6.59. The number of unbranched alkanes of at least 4 members (excludes halogenated alkanes) is 8. The number of nitrogen functional groups attached to an aromatic ring is 1. The molecule has 7 atom stereocenters. The van der Waals surface area contributed by atoms with Gasteiger partial charge in [-0.1, -0.05) is 119 Å². The first kappa shape index (κ1) is 60.8. The molecule has 66 heavy (non-hydrogen) atoms. The van der Waals surface area contributed by atoms with Crippen LogP contribution in [0.4, 0.5) is 5.82 Å². The topological polar surface area (TPSA) is 225 Å². The van der Waals surface area contributed by atoms with Crippen molar-refractivity contribution in [2.45, 2.75) is 194 Å². The highest BCUT2D eigenvalue weighted by Gasteiger charge is 2.54. The van der Waals surface area contributed by atoms with Gasteiger partial charge in [0.1, 0.15) is 23.8 Å². The summed E-state index contributed by atoms with van der Waals surface area (Å²) in [5.74, 6) is 0.154. The lowest BCUT2D eigenvalue weighted by Gasteiger charge is -2.39. The van der Waals surface area contributed by atoms with Crippen LogP contribution in [0.15, 0.2) is 11.5 Å². The minimum absolute atomic E-state index is 0.154. The van der Waals surface area contributed by atoms with Crippen LogP contribution in [0.25, 0.3) is 11.2 Å². The predicted octanol–water partition coefficient (Wildman–Crippen LogP) is 8.71. The molecule has 4 rings (SSSR count). The summed E-state index contributed by atoms with van der Waals surface area (Å²) < 4.78 is 57.0. The molecule has 0 aliphatic carbocycles. The van der Waals surface area contributed by atoms with E-state index >= 15 is 0 Å². The van der Waals surface area contributed by atoms with Crippen molar-refractivity contribution < 1.29 is 60.6 Å². The van der Waals surface area contributed by atoms with Crippen LogP contribution in [-0.4, -0.2) is 130 Å². The minimum atomic E-state index is -5.58. The van der Waals surface area contributed by atoms with Crippen molar-refractivity contribution in [3.05, 3.63) is 6.33 Å². The summed E-state index contributed by atoms with van der Waals surface area (Å²) in [7, 11) is -9.65. The van der Waals surface area contributed by atoms with E-state index in [1.165, 1.54) is 194 Å². The number of fused-ring (bicyclic) bond motifs is 2. The van der Waals surface area contributed by atoms with Crippen LogP contribution in [0, 0.1) is 0 Å². The van der Waals surface area contributed by atoms with Crippen molar-refractivity contribution in [3.63, 3.8) is 0 Å². The standard InChI is InChI=1S/2C16H36N.C13H19N5O11P2S/c2*1-5-9-13-17(14-10-6-2,15-11-7-3)16-12-8-4;1-24-13-27-7-5(3-25-31(22,23)29-30(19,20)21)26-11(8(7)28-13)18-4-15-6-9(14)16-12(32-2)17-10(6)18/h2*5-16H2,1-4H3;4-5,7-8,11,13H,3H2,1-2H3,(H,22,23)(H2,14,16,17)(H2,19,20,21)/q2*+1;/p-2/t;;5-,7-,8-,11-,13?/m..0/s1. The first-order valence-electron chi connectivity index (χ1n) is 24.9. The van der Waals surface area contributed by atoms with E-state index in [0.29, 0.717) is 16.3 Å². The van der Waals surface area contributed by atoms with E-state index in [-0.39, 0.29) is 5.82 Å². The third-order valence-electron chi connectivity index (χ3n) is 12.4. The van der Waals surface area contributed by atoms with Gasteiger partial charge in [0.15, 0.2) is 22.8 Å². The number of thioether (sulfide) groups is 1. The Morgan fingerprint density at radius 2 is 1.12 bits per heavy atom. The van der Waals surface area contributed by atoms with Crippen molar-refractivity contribution in [2.75, 3.05) is 78.1 Å². The Morgan fingerprint density at radius 1 is 0.712 bits per heavy atom. The zero-order chi connectivity index (χ0) is 49.2. The molecule has 0 bridgehead atoms. The number of phosphoric ester groups is 1. The molecule has 0 radical (unpaired) electrons. The zero-order valence-corrected chi connectivity index (χ0v) is 44.8. The molecular weight excluding hydrogens is 909 g/mol. The smallest absolute Gasteiger partial charge is 0.274 e. The van der Waals surface area contributed by atoms with Crippen molar-refractivity contribution >= 4 is 44.4 Å². The number of aromatic nitrogens is 4. The number of quaternary nitrogens is 2. The Morgan fingerprint density at radius 3 is 1.48 bits per heavy atom. The highest BCUT2D eigenvalue weighted by molar-refractivity contribution is 7.98. The average Bonchev–Trinajstić information content (AvgIpc) is 4.01. The highest BCUT2D eigenvalue weighted by Crippen LogP contribution is 2.53. The molecule has 2 aromatic heterocycles. The third-order valence-corrected chi connectivity index (χ3v) is 15.0. The molecule has 386 valence electrons. The number of methoxy groups -OCH3 is 1. The fourth-order valence-electron chi connectivity index (χ4n) is 8.57. The van der Waals surface area contributed by atoms with Crippen molar-refractivity contribution in [1.29, 1.82) is 0 Å². The summed E-state index contributed by atoms with van der Waals surface area (Å²) in [5, 5.41) is 0.389. The Bertz CT molecular complexity index is 1600. The lowest BCUT2D eigenvalue weighted by atomic mass is 10.1. The van der Waals surface area contributed by atoms with Gasteiger partial charge in [0.05, 0.1) is 65.3 Å². The molecule has 0 aromatic carbocycles. The Kier molecular flexibility index (Phi) is 29.4. The number of nitrogens with two attached hydrogens (primary N) is 1. The largest absolute Gasteiger partial charge is 0.756 e. The van der Waals surface area contributed by atoms with Gasteiger partial charge in [-0.25, -0.2) is 19.3 Å². The van der Waals surface area contributed by atoms with Crippen LogP contribution in [-0.2, 0) is 36.9 Å². The first-order chi connectivity index (χ1) is 31.5. The van der Waals surface area contributed by atoms with Gasteiger partial charge in [0.2, 0.25) is 0 Å². The van der Waals surface area contributed by atoms with Gasteiger partial charge in [0.25, 0.3) is 22.1 Å². The lowest BCUT2D eigenvalue weighted by Crippen LogP contribution is -2.50. The van der Waals surface area contributed by atoms with Gasteiger partial charge in [-0.15, -0.1) is 0 Å². The van der Waals surface area contributed by atoms with Crippen LogP contribution < -0.4 is 15.5 Å². The Labute approximate surface area is 401 Å². The maximum absolute atomic E-state index is 11.7. The molecule has 2 aliphatic heterocycles. The number of phosphoric acid groups is 2. The Hall–Kier alpha value is -1.28. The quantitative estimate of drug-likeness (QED) is 0.0302. The molecule has 2 aromatic rings. The lowest BCUT2D eigenvalue weighted by molar-refractivity contribution is -0.929. The van der Waals surface area contributed by atoms with E-state index in [2.05, 4.69) is 79.2 Å². The molecule has 2 fully saturated rings. The number of nitrogens with zero attached hydrogens (tertiary/aromatic N) is 6. The molecule has 0 amide bonds. The number of rotatable bonds is 32. The highest BCUT2D eigenvalue weighted by atomic mass is 32.2. The van der Waals surface area contributed by atoms with Crippen LogP contribution in [0.1, 0.15) is 164 Å². The second-order valence-electron chi connectivity index (χ2n) is 17.8. The van der Waals surface area contributed by atoms with Crippen LogP contribution >= 0.6 is 27.4 Å². The number of anilines is 1.